The summed E-state index contributed by atoms with van der Waals surface area (Å²) >= 11 is 0. The second-order valence-corrected chi connectivity index (χ2v) is 5.88. The molecule has 0 aliphatic carbocycles. The third kappa shape index (κ3) is 2.71. The minimum atomic E-state index is -1.13. The Hall–Kier alpha value is -1.92. The SMILES string of the molecule is Cc1c(C(=O)O)oc2c(CN3CCN(C)CC3)cc(F)cc12. The average molecular weight is 306 g/mol. The molecule has 1 aliphatic heterocycles. The van der Waals surface area contributed by atoms with Crippen molar-refractivity contribution >= 4 is 16.9 Å². The minimum absolute atomic E-state index is 0.111. The van der Waals surface area contributed by atoms with E-state index in [1.807, 2.05) is 0 Å². The first kappa shape index (κ1) is 15.0. The van der Waals surface area contributed by atoms with E-state index in [4.69, 9.17) is 4.42 Å². The van der Waals surface area contributed by atoms with Crippen LogP contribution in [0.2, 0.25) is 0 Å². The van der Waals surface area contributed by atoms with Gasteiger partial charge in [0.25, 0.3) is 0 Å². The van der Waals surface area contributed by atoms with Crippen LogP contribution in [0.15, 0.2) is 16.5 Å². The summed E-state index contributed by atoms with van der Waals surface area (Å²) in [5, 5.41) is 9.72. The maximum absolute atomic E-state index is 13.9. The van der Waals surface area contributed by atoms with Crippen LogP contribution in [0.4, 0.5) is 4.39 Å². The van der Waals surface area contributed by atoms with E-state index in [-0.39, 0.29) is 11.6 Å². The standard InChI is InChI=1S/C16H19FN2O3/c1-10-13-8-12(17)7-11(15(13)22-14(10)16(20)21)9-19-5-3-18(2)4-6-19/h7-8H,3-6,9H2,1-2H3,(H,20,21). The number of aromatic carboxylic acids is 1. The van der Waals surface area contributed by atoms with E-state index in [0.717, 1.165) is 26.2 Å². The van der Waals surface area contributed by atoms with Gasteiger partial charge in [-0.3, -0.25) is 4.90 Å². The van der Waals surface area contributed by atoms with E-state index in [1.54, 1.807) is 6.92 Å². The number of carboxylic acids is 1. The molecule has 0 spiro atoms. The van der Waals surface area contributed by atoms with Crippen molar-refractivity contribution in [2.75, 3.05) is 33.2 Å². The lowest BCUT2D eigenvalue weighted by atomic mass is 10.1. The summed E-state index contributed by atoms with van der Waals surface area (Å²) in [6.45, 7) is 5.95. The van der Waals surface area contributed by atoms with Gasteiger partial charge in [0.2, 0.25) is 5.76 Å². The number of halogens is 1. The Bertz CT molecular complexity index is 718. The van der Waals surface area contributed by atoms with Crippen LogP contribution in [-0.2, 0) is 6.54 Å². The zero-order chi connectivity index (χ0) is 15.9. The van der Waals surface area contributed by atoms with Gasteiger partial charge < -0.3 is 14.4 Å². The Balaban J connectivity index is 1.98. The fraction of sp³-hybridized carbons (Fsp3) is 0.438. The monoisotopic (exact) mass is 306 g/mol. The van der Waals surface area contributed by atoms with E-state index in [1.165, 1.54) is 12.1 Å². The summed E-state index contributed by atoms with van der Waals surface area (Å²) in [6.07, 6.45) is 0. The fourth-order valence-electron chi connectivity index (χ4n) is 2.92. The Morgan fingerprint density at radius 2 is 2.00 bits per heavy atom. The largest absolute Gasteiger partial charge is 0.475 e. The summed E-state index contributed by atoms with van der Waals surface area (Å²) in [5.41, 5.74) is 1.66. The molecule has 0 amide bonds. The van der Waals surface area contributed by atoms with Crippen LogP contribution in [0.3, 0.4) is 0 Å². The van der Waals surface area contributed by atoms with Gasteiger partial charge in [-0.1, -0.05) is 0 Å². The zero-order valence-corrected chi connectivity index (χ0v) is 12.7. The lowest BCUT2D eigenvalue weighted by molar-refractivity contribution is 0.0663. The number of piperazine rings is 1. The quantitative estimate of drug-likeness (QED) is 0.943. The first-order valence-electron chi connectivity index (χ1n) is 7.31. The molecular formula is C16H19FN2O3. The predicted octanol–water partition coefficient (Wildman–Crippen LogP) is 2.33. The van der Waals surface area contributed by atoms with E-state index in [0.29, 0.717) is 28.6 Å². The molecule has 22 heavy (non-hydrogen) atoms. The highest BCUT2D eigenvalue weighted by Gasteiger charge is 2.21. The van der Waals surface area contributed by atoms with Crippen molar-refractivity contribution in [3.8, 4) is 0 Å². The zero-order valence-electron chi connectivity index (χ0n) is 12.7. The van der Waals surface area contributed by atoms with Crippen LogP contribution in [0.1, 0.15) is 21.7 Å². The van der Waals surface area contributed by atoms with Gasteiger partial charge in [-0.25, -0.2) is 9.18 Å². The molecule has 0 bridgehead atoms. The number of likely N-dealkylation sites (N-methyl/N-ethyl adjacent to an activating group) is 1. The molecule has 5 nitrogen and oxygen atoms in total. The van der Waals surface area contributed by atoms with Gasteiger partial charge in [-0.05, 0) is 26.1 Å². The molecule has 2 aromatic rings. The average Bonchev–Trinajstić information content (AvgIpc) is 2.79. The highest BCUT2D eigenvalue weighted by molar-refractivity contribution is 5.95. The molecule has 1 aliphatic rings. The molecule has 1 aromatic carbocycles. The summed E-state index contributed by atoms with van der Waals surface area (Å²) in [7, 11) is 2.08. The van der Waals surface area contributed by atoms with Crippen LogP contribution < -0.4 is 0 Å². The number of carbonyl (C=O) groups is 1. The van der Waals surface area contributed by atoms with Crippen LogP contribution in [0.5, 0.6) is 0 Å². The number of aryl methyl sites for hydroxylation is 1. The summed E-state index contributed by atoms with van der Waals surface area (Å²) in [4.78, 5) is 15.7. The van der Waals surface area contributed by atoms with Gasteiger partial charge in [0, 0.05) is 49.2 Å². The van der Waals surface area contributed by atoms with Crippen molar-refractivity contribution in [1.82, 2.24) is 9.80 Å². The lowest BCUT2D eigenvalue weighted by Gasteiger charge is -2.32. The molecule has 1 saturated heterocycles. The molecule has 1 aromatic heterocycles. The third-order valence-corrected chi connectivity index (χ3v) is 4.26. The molecular weight excluding hydrogens is 287 g/mol. The maximum atomic E-state index is 13.9. The summed E-state index contributed by atoms with van der Waals surface area (Å²) in [6, 6.07) is 2.78. The van der Waals surface area contributed by atoms with E-state index in [2.05, 4.69) is 16.8 Å². The van der Waals surface area contributed by atoms with Gasteiger partial charge in [0.15, 0.2) is 0 Å². The minimum Gasteiger partial charge on any atom is -0.475 e. The Morgan fingerprint density at radius 3 is 2.64 bits per heavy atom. The molecule has 1 fully saturated rings. The molecule has 0 saturated carbocycles. The number of benzene rings is 1. The van der Waals surface area contributed by atoms with E-state index < -0.39 is 5.97 Å². The van der Waals surface area contributed by atoms with Crippen molar-refractivity contribution in [2.24, 2.45) is 0 Å². The molecule has 0 atom stereocenters. The summed E-state index contributed by atoms with van der Waals surface area (Å²) < 4.78 is 19.4. The van der Waals surface area contributed by atoms with Gasteiger partial charge in [0.1, 0.15) is 11.4 Å². The second kappa shape index (κ2) is 5.70. The fourth-order valence-corrected chi connectivity index (χ4v) is 2.92. The number of hydrogen-bond acceptors (Lipinski definition) is 4. The van der Waals surface area contributed by atoms with Crippen molar-refractivity contribution in [3.05, 3.63) is 34.8 Å². The number of nitrogens with zero attached hydrogens (tertiary/aromatic N) is 2. The van der Waals surface area contributed by atoms with Crippen LogP contribution in [0.25, 0.3) is 11.0 Å². The van der Waals surface area contributed by atoms with Crippen LogP contribution in [0, 0.1) is 12.7 Å². The molecule has 6 heteroatoms. The van der Waals surface area contributed by atoms with Gasteiger partial charge >= 0.3 is 5.97 Å². The molecule has 1 N–H and O–H groups in total. The third-order valence-electron chi connectivity index (χ3n) is 4.26. The number of furan rings is 1. The van der Waals surface area contributed by atoms with Crippen molar-refractivity contribution < 1.29 is 18.7 Å². The van der Waals surface area contributed by atoms with Gasteiger partial charge in [-0.2, -0.15) is 0 Å². The second-order valence-electron chi connectivity index (χ2n) is 5.88. The maximum Gasteiger partial charge on any atom is 0.372 e. The smallest absolute Gasteiger partial charge is 0.372 e. The molecule has 0 radical (unpaired) electrons. The van der Waals surface area contributed by atoms with Gasteiger partial charge in [-0.15, -0.1) is 0 Å². The number of hydrogen-bond donors (Lipinski definition) is 1. The number of fused-ring (bicyclic) bond motifs is 1. The first-order chi connectivity index (χ1) is 10.5. The van der Waals surface area contributed by atoms with E-state index >= 15 is 0 Å². The van der Waals surface area contributed by atoms with Gasteiger partial charge in [0.05, 0.1) is 0 Å². The van der Waals surface area contributed by atoms with Crippen molar-refractivity contribution in [3.63, 3.8) is 0 Å². The Morgan fingerprint density at radius 1 is 1.32 bits per heavy atom. The van der Waals surface area contributed by atoms with Crippen LogP contribution in [-0.4, -0.2) is 54.1 Å². The predicted molar refractivity (Wildman–Crippen MR) is 80.6 cm³/mol. The Kier molecular flexibility index (Phi) is 3.88. The highest BCUT2D eigenvalue weighted by Crippen LogP contribution is 2.30. The lowest BCUT2D eigenvalue weighted by Crippen LogP contribution is -2.43. The highest BCUT2D eigenvalue weighted by atomic mass is 19.1. The number of carboxylic acid groups (broad SMARTS) is 1. The number of rotatable bonds is 3. The van der Waals surface area contributed by atoms with Crippen molar-refractivity contribution in [2.45, 2.75) is 13.5 Å². The molecule has 3 rings (SSSR count). The topological polar surface area (TPSA) is 56.9 Å². The van der Waals surface area contributed by atoms with Crippen LogP contribution >= 0.6 is 0 Å². The first-order valence-corrected chi connectivity index (χ1v) is 7.31. The molecule has 118 valence electrons. The molecule has 0 unspecified atom stereocenters. The normalized spacial score (nSPS) is 17.2. The Labute approximate surface area is 127 Å². The summed E-state index contributed by atoms with van der Waals surface area (Å²) in [5.74, 6) is -1.60. The van der Waals surface area contributed by atoms with Crippen molar-refractivity contribution in [1.29, 1.82) is 0 Å². The van der Waals surface area contributed by atoms with E-state index in [9.17, 15) is 14.3 Å². The molecule has 2 heterocycles.